The van der Waals surface area contributed by atoms with Gasteiger partial charge in [0, 0.05) is 25.3 Å². The van der Waals surface area contributed by atoms with E-state index in [-0.39, 0.29) is 35.8 Å². The highest BCUT2D eigenvalue weighted by Gasteiger charge is 2.41. The van der Waals surface area contributed by atoms with E-state index in [1.165, 1.54) is 4.90 Å². The molecule has 2 aliphatic rings. The third-order valence-corrected chi connectivity index (χ3v) is 7.23. The van der Waals surface area contributed by atoms with Crippen LogP contribution in [0.4, 0.5) is 15.3 Å². The number of ether oxygens (including phenoxy) is 3. The molecule has 2 aliphatic heterocycles. The second kappa shape index (κ2) is 12.9. The van der Waals surface area contributed by atoms with E-state index in [0.29, 0.717) is 31.0 Å². The van der Waals surface area contributed by atoms with Gasteiger partial charge in [-0.05, 0) is 58.1 Å². The summed E-state index contributed by atoms with van der Waals surface area (Å²) in [6.07, 6.45) is 0.239. The van der Waals surface area contributed by atoms with Gasteiger partial charge in [0.1, 0.15) is 12.2 Å². The van der Waals surface area contributed by atoms with Crippen molar-refractivity contribution in [2.45, 2.75) is 64.7 Å². The molecule has 41 heavy (non-hydrogen) atoms. The molecule has 3 amide bonds. The Balaban J connectivity index is 1.58. The fourth-order valence-corrected chi connectivity index (χ4v) is 5.15. The number of benzene rings is 2. The highest BCUT2D eigenvalue weighted by molar-refractivity contribution is 6.34. The van der Waals surface area contributed by atoms with Crippen molar-refractivity contribution in [3.63, 3.8) is 0 Å². The maximum Gasteiger partial charge on any atom is 0.414 e. The lowest BCUT2D eigenvalue weighted by Gasteiger charge is -2.39. The Kier molecular flexibility index (Phi) is 9.55. The molecule has 1 fully saturated rings. The third kappa shape index (κ3) is 8.20. The summed E-state index contributed by atoms with van der Waals surface area (Å²) in [5, 5.41) is 5.60. The van der Waals surface area contributed by atoms with Crippen LogP contribution in [0.5, 0.6) is 0 Å². The van der Waals surface area contributed by atoms with Gasteiger partial charge in [0.15, 0.2) is 0 Å². The fourth-order valence-electron chi connectivity index (χ4n) is 4.78. The molecular formula is C30H37ClN4O6. The van der Waals surface area contributed by atoms with Crippen LogP contribution in [0, 0.1) is 5.92 Å². The van der Waals surface area contributed by atoms with Crippen molar-refractivity contribution < 1.29 is 28.6 Å². The number of aliphatic imine (C=N–C) groups is 1. The Bertz CT molecular complexity index is 1290. The summed E-state index contributed by atoms with van der Waals surface area (Å²) < 4.78 is 16.3. The molecule has 2 N–H and O–H groups in total. The summed E-state index contributed by atoms with van der Waals surface area (Å²) in [7, 11) is 0. The number of hydrogen-bond acceptors (Lipinski definition) is 7. The van der Waals surface area contributed by atoms with E-state index >= 15 is 0 Å². The summed E-state index contributed by atoms with van der Waals surface area (Å²) in [6, 6.07) is 14.4. The molecule has 2 aromatic rings. The number of anilines is 1. The standard InChI is InChI=1S/C30H37ClN4O6/c1-29(2,3)41-28(38)33-26-34-30(4,17-24(36)35(26)18-20-13-15-39-16-14-20)22-11-8-12-23(25(22)31)32-27(37)40-19-21-9-6-5-7-10-21/h5-12,20H,13-19H2,1-4H3,(H,32,37)(H,33,34,38)/t30-/m0/s1. The minimum atomic E-state index is -1.13. The van der Waals surface area contributed by atoms with Gasteiger partial charge in [-0.1, -0.05) is 54.1 Å². The molecular weight excluding hydrogens is 548 g/mol. The van der Waals surface area contributed by atoms with Crippen molar-refractivity contribution in [3.8, 4) is 0 Å². The molecule has 10 nitrogen and oxygen atoms in total. The fraction of sp³-hybridized carbons (Fsp3) is 0.467. The van der Waals surface area contributed by atoms with Crippen molar-refractivity contribution in [1.29, 1.82) is 0 Å². The van der Waals surface area contributed by atoms with Crippen LogP contribution in [0.25, 0.3) is 0 Å². The number of rotatable bonds is 6. The normalized spacial score (nSPS) is 19.8. The summed E-state index contributed by atoms with van der Waals surface area (Å²) >= 11 is 6.78. The average molecular weight is 585 g/mol. The monoisotopic (exact) mass is 584 g/mol. The molecule has 2 heterocycles. The lowest BCUT2D eigenvalue weighted by molar-refractivity contribution is -0.130. The smallest absolute Gasteiger partial charge is 0.414 e. The van der Waals surface area contributed by atoms with Gasteiger partial charge in [0.05, 0.1) is 22.7 Å². The lowest BCUT2D eigenvalue weighted by atomic mass is 9.86. The minimum Gasteiger partial charge on any atom is -0.444 e. The van der Waals surface area contributed by atoms with E-state index in [1.807, 2.05) is 30.3 Å². The van der Waals surface area contributed by atoms with Crippen LogP contribution >= 0.6 is 11.6 Å². The Morgan fingerprint density at radius 1 is 1.07 bits per heavy atom. The molecule has 2 aromatic carbocycles. The molecule has 11 heteroatoms. The molecule has 0 aliphatic carbocycles. The second-order valence-corrected chi connectivity index (χ2v) is 11.8. The van der Waals surface area contributed by atoms with Gasteiger partial charge >= 0.3 is 12.2 Å². The first-order valence-corrected chi connectivity index (χ1v) is 14.1. The molecule has 0 spiro atoms. The van der Waals surface area contributed by atoms with Gasteiger partial charge in [-0.2, -0.15) is 0 Å². The topological polar surface area (TPSA) is 119 Å². The molecule has 0 aromatic heterocycles. The molecule has 0 bridgehead atoms. The molecule has 220 valence electrons. The Morgan fingerprint density at radius 2 is 1.78 bits per heavy atom. The lowest BCUT2D eigenvalue weighted by Crippen LogP contribution is -2.55. The van der Waals surface area contributed by atoms with Crippen LogP contribution in [-0.2, 0) is 31.2 Å². The number of halogens is 1. The average Bonchev–Trinajstić information content (AvgIpc) is 2.91. The largest absolute Gasteiger partial charge is 0.444 e. The highest BCUT2D eigenvalue weighted by Crippen LogP contribution is 2.40. The van der Waals surface area contributed by atoms with Crippen LogP contribution in [0.2, 0.25) is 5.02 Å². The number of hydrogen-bond donors (Lipinski definition) is 2. The van der Waals surface area contributed by atoms with Gasteiger partial charge < -0.3 is 14.2 Å². The maximum atomic E-state index is 13.6. The molecule has 4 rings (SSSR count). The first-order chi connectivity index (χ1) is 19.4. The number of carbonyl (C=O) groups excluding carboxylic acids is 3. The zero-order chi connectivity index (χ0) is 29.6. The molecule has 1 saturated heterocycles. The Morgan fingerprint density at radius 3 is 2.46 bits per heavy atom. The molecule has 0 radical (unpaired) electrons. The van der Waals surface area contributed by atoms with Crippen molar-refractivity contribution in [2.75, 3.05) is 25.1 Å². The van der Waals surface area contributed by atoms with Gasteiger partial charge in [0.25, 0.3) is 0 Å². The minimum absolute atomic E-state index is 0.0113. The van der Waals surface area contributed by atoms with E-state index < -0.39 is 23.3 Å². The van der Waals surface area contributed by atoms with Crippen LogP contribution in [-0.4, -0.2) is 54.3 Å². The number of nitrogens with zero attached hydrogens (tertiary/aromatic N) is 2. The van der Waals surface area contributed by atoms with Crippen LogP contribution in [0.15, 0.2) is 53.5 Å². The van der Waals surface area contributed by atoms with E-state index in [2.05, 4.69) is 10.6 Å². The molecule has 0 unspecified atom stereocenters. The van der Waals surface area contributed by atoms with Gasteiger partial charge in [-0.25, -0.2) is 14.6 Å². The second-order valence-electron chi connectivity index (χ2n) is 11.4. The molecule has 1 atom stereocenters. The third-order valence-electron chi connectivity index (χ3n) is 6.83. The number of nitrogens with one attached hydrogen (secondary N) is 2. The van der Waals surface area contributed by atoms with Crippen molar-refractivity contribution in [3.05, 3.63) is 64.7 Å². The quantitative estimate of drug-likeness (QED) is 0.440. The predicted molar refractivity (Wildman–Crippen MR) is 156 cm³/mol. The summed E-state index contributed by atoms with van der Waals surface area (Å²) in [6.45, 7) is 8.79. The van der Waals surface area contributed by atoms with Crippen molar-refractivity contribution in [1.82, 2.24) is 10.2 Å². The van der Waals surface area contributed by atoms with E-state index in [4.69, 9.17) is 30.8 Å². The summed E-state index contributed by atoms with van der Waals surface area (Å²) in [5.74, 6) is 0.0960. The Labute approximate surface area is 245 Å². The first-order valence-electron chi connectivity index (χ1n) is 13.7. The molecule has 0 saturated carbocycles. The van der Waals surface area contributed by atoms with Crippen LogP contribution < -0.4 is 10.6 Å². The summed E-state index contributed by atoms with van der Waals surface area (Å²) in [4.78, 5) is 45.3. The zero-order valence-electron chi connectivity index (χ0n) is 23.9. The highest BCUT2D eigenvalue weighted by atomic mass is 35.5. The van der Waals surface area contributed by atoms with Crippen molar-refractivity contribution in [2.24, 2.45) is 10.9 Å². The van der Waals surface area contributed by atoms with E-state index in [0.717, 1.165) is 18.4 Å². The number of alkyl carbamates (subject to hydrolysis) is 1. The summed E-state index contributed by atoms with van der Waals surface area (Å²) in [5.41, 5.74) is -0.187. The van der Waals surface area contributed by atoms with Gasteiger partial charge in [-0.15, -0.1) is 0 Å². The van der Waals surface area contributed by atoms with Crippen LogP contribution in [0.3, 0.4) is 0 Å². The SMILES string of the molecule is CC(C)(C)OC(=O)NC1=N[C@](C)(c2cccc(NC(=O)OCc3ccccc3)c2Cl)CC(=O)N1CC1CCOCC1. The predicted octanol–water partition coefficient (Wildman–Crippen LogP) is 5.84. The van der Waals surface area contributed by atoms with E-state index in [9.17, 15) is 14.4 Å². The number of guanidine groups is 1. The number of amides is 3. The van der Waals surface area contributed by atoms with Gasteiger partial charge in [-0.3, -0.25) is 20.3 Å². The maximum absolute atomic E-state index is 13.6. The first kappa shape index (κ1) is 30.3. The van der Waals surface area contributed by atoms with Crippen molar-refractivity contribution >= 4 is 41.3 Å². The zero-order valence-corrected chi connectivity index (χ0v) is 24.6. The van der Waals surface area contributed by atoms with E-state index in [1.54, 1.807) is 45.9 Å². The Hall–Kier alpha value is -3.63. The van der Waals surface area contributed by atoms with Gasteiger partial charge in [0.2, 0.25) is 11.9 Å². The van der Waals surface area contributed by atoms with Crippen LogP contribution in [0.1, 0.15) is 58.1 Å². The number of carbonyl (C=O) groups is 3.